The zero-order valence-corrected chi connectivity index (χ0v) is 16.3. The molecule has 140 valence electrons. The van der Waals surface area contributed by atoms with Gasteiger partial charge in [0, 0.05) is 24.8 Å². The van der Waals surface area contributed by atoms with E-state index in [9.17, 15) is 23.3 Å². The van der Waals surface area contributed by atoms with Crippen molar-refractivity contribution >= 4 is 49.6 Å². The standard InChI is InChI=1S/C15H16ClN3O5S2/c1-3-18(4-2)26(23,24)13-9-10(5-6-11(13)16)17-15(20)12-7-8-14(25-12)19(21)22/h5-9H,3-4H2,1-2H3,(H,17,20). The Balaban J connectivity index is 2.31. The topological polar surface area (TPSA) is 110 Å². The minimum Gasteiger partial charge on any atom is -0.321 e. The van der Waals surface area contributed by atoms with Gasteiger partial charge in [0.25, 0.3) is 5.91 Å². The van der Waals surface area contributed by atoms with Crippen LogP contribution in [0.15, 0.2) is 35.2 Å². The van der Waals surface area contributed by atoms with Crippen LogP contribution in [-0.4, -0.2) is 36.6 Å². The number of sulfonamides is 1. The number of rotatable bonds is 7. The summed E-state index contributed by atoms with van der Waals surface area (Å²) in [5, 5.41) is 13.1. The van der Waals surface area contributed by atoms with Gasteiger partial charge in [-0.2, -0.15) is 4.31 Å². The summed E-state index contributed by atoms with van der Waals surface area (Å²) in [5.41, 5.74) is 0.223. The molecule has 0 radical (unpaired) electrons. The lowest BCUT2D eigenvalue weighted by atomic mass is 10.3. The number of nitrogens with zero attached hydrogens (tertiary/aromatic N) is 2. The first kappa shape index (κ1) is 20.3. The molecular formula is C15H16ClN3O5S2. The number of hydrogen-bond acceptors (Lipinski definition) is 6. The Hall–Kier alpha value is -2.01. The Morgan fingerprint density at radius 3 is 2.46 bits per heavy atom. The maximum atomic E-state index is 12.7. The molecular weight excluding hydrogens is 402 g/mol. The average Bonchev–Trinajstić information content (AvgIpc) is 3.07. The van der Waals surface area contributed by atoms with Gasteiger partial charge >= 0.3 is 5.00 Å². The predicted molar refractivity (Wildman–Crippen MR) is 100 cm³/mol. The van der Waals surface area contributed by atoms with Crippen LogP contribution in [0.2, 0.25) is 5.02 Å². The van der Waals surface area contributed by atoms with Gasteiger partial charge in [0.15, 0.2) is 0 Å². The van der Waals surface area contributed by atoms with Gasteiger partial charge in [-0.25, -0.2) is 8.42 Å². The number of hydrogen-bond donors (Lipinski definition) is 1. The lowest BCUT2D eigenvalue weighted by molar-refractivity contribution is -0.380. The van der Waals surface area contributed by atoms with E-state index < -0.39 is 20.9 Å². The second kappa shape index (κ2) is 8.12. The van der Waals surface area contributed by atoms with Crippen molar-refractivity contribution in [3.63, 3.8) is 0 Å². The van der Waals surface area contributed by atoms with E-state index in [4.69, 9.17) is 11.6 Å². The first-order valence-corrected chi connectivity index (χ1v) is 10.2. The highest BCUT2D eigenvalue weighted by Crippen LogP contribution is 2.29. The Morgan fingerprint density at radius 2 is 1.92 bits per heavy atom. The zero-order valence-electron chi connectivity index (χ0n) is 13.9. The van der Waals surface area contributed by atoms with Crippen molar-refractivity contribution in [3.8, 4) is 0 Å². The molecule has 8 nitrogen and oxygen atoms in total. The molecule has 1 heterocycles. The van der Waals surface area contributed by atoms with Crippen LogP contribution in [0.4, 0.5) is 10.7 Å². The van der Waals surface area contributed by atoms with Gasteiger partial charge in [-0.05, 0) is 24.3 Å². The normalized spacial score (nSPS) is 11.5. The van der Waals surface area contributed by atoms with E-state index in [0.29, 0.717) is 0 Å². The van der Waals surface area contributed by atoms with Gasteiger partial charge in [0.05, 0.1) is 14.8 Å². The number of carbonyl (C=O) groups is 1. The lowest BCUT2D eigenvalue weighted by Crippen LogP contribution is -2.30. The average molecular weight is 418 g/mol. The third-order valence-electron chi connectivity index (χ3n) is 3.51. The fourth-order valence-electron chi connectivity index (χ4n) is 2.22. The number of nitrogens with one attached hydrogen (secondary N) is 1. The van der Waals surface area contributed by atoms with Crippen LogP contribution in [0.1, 0.15) is 23.5 Å². The minimum absolute atomic E-state index is 0.0432. The van der Waals surface area contributed by atoms with Crippen molar-refractivity contribution in [1.29, 1.82) is 0 Å². The first-order valence-electron chi connectivity index (χ1n) is 7.56. The molecule has 11 heteroatoms. The highest BCUT2D eigenvalue weighted by atomic mass is 35.5. The number of nitro groups is 1. The Morgan fingerprint density at radius 1 is 1.27 bits per heavy atom. The van der Waals surface area contributed by atoms with E-state index in [1.165, 1.54) is 34.6 Å². The Labute approximate surface area is 159 Å². The molecule has 0 spiro atoms. The van der Waals surface area contributed by atoms with Gasteiger partial charge in [-0.15, -0.1) is 0 Å². The molecule has 1 N–H and O–H groups in total. The van der Waals surface area contributed by atoms with Crippen LogP contribution in [0, 0.1) is 10.1 Å². The molecule has 0 unspecified atom stereocenters. The van der Waals surface area contributed by atoms with Gasteiger partial charge < -0.3 is 5.32 Å². The van der Waals surface area contributed by atoms with Crippen LogP contribution < -0.4 is 5.32 Å². The van der Waals surface area contributed by atoms with Crippen molar-refractivity contribution in [3.05, 3.63) is 50.3 Å². The summed E-state index contributed by atoms with van der Waals surface area (Å²) in [4.78, 5) is 22.4. The van der Waals surface area contributed by atoms with Gasteiger partial charge in [0.1, 0.15) is 4.90 Å². The molecule has 1 aromatic heterocycles. The Kier molecular flexibility index (Phi) is 6.34. The molecule has 0 fully saturated rings. The highest BCUT2D eigenvalue weighted by molar-refractivity contribution is 7.89. The maximum absolute atomic E-state index is 12.7. The number of carbonyl (C=O) groups excluding carboxylic acids is 1. The molecule has 0 saturated heterocycles. The molecule has 1 amide bonds. The molecule has 1 aromatic carbocycles. The highest BCUT2D eigenvalue weighted by Gasteiger charge is 2.25. The van der Waals surface area contributed by atoms with Crippen LogP contribution in [0.5, 0.6) is 0 Å². The Bertz CT molecular complexity index is 939. The number of amides is 1. The quantitative estimate of drug-likeness (QED) is 0.546. The molecule has 0 saturated carbocycles. The summed E-state index contributed by atoms with van der Waals surface area (Å²) in [6.07, 6.45) is 0. The van der Waals surface area contributed by atoms with Gasteiger partial charge in [0.2, 0.25) is 10.0 Å². The number of benzene rings is 1. The van der Waals surface area contributed by atoms with Crippen molar-refractivity contribution in [2.45, 2.75) is 18.7 Å². The molecule has 0 aliphatic carbocycles. The van der Waals surface area contributed by atoms with Crippen LogP contribution in [-0.2, 0) is 10.0 Å². The van der Waals surface area contributed by atoms with Gasteiger partial charge in [-0.1, -0.05) is 36.8 Å². The molecule has 0 aliphatic heterocycles. The predicted octanol–water partition coefficient (Wildman–Crippen LogP) is 3.59. The summed E-state index contributed by atoms with van der Waals surface area (Å²) in [7, 11) is -3.80. The minimum atomic E-state index is -3.80. The molecule has 26 heavy (non-hydrogen) atoms. The smallest absolute Gasteiger partial charge is 0.321 e. The molecule has 0 atom stereocenters. The van der Waals surface area contributed by atoms with Crippen molar-refractivity contribution in [1.82, 2.24) is 4.31 Å². The molecule has 0 aliphatic rings. The number of halogens is 1. The number of thiophene rings is 1. The summed E-state index contributed by atoms with van der Waals surface area (Å²) < 4.78 is 26.6. The molecule has 2 aromatic rings. The largest absolute Gasteiger partial charge is 0.324 e. The summed E-state index contributed by atoms with van der Waals surface area (Å²) in [6, 6.07) is 6.68. The maximum Gasteiger partial charge on any atom is 0.324 e. The van der Waals surface area contributed by atoms with E-state index in [1.54, 1.807) is 13.8 Å². The summed E-state index contributed by atoms with van der Waals surface area (Å²) in [5.74, 6) is -0.573. The number of anilines is 1. The van der Waals surface area contributed by atoms with Crippen LogP contribution >= 0.6 is 22.9 Å². The molecule has 0 bridgehead atoms. The van der Waals surface area contributed by atoms with E-state index >= 15 is 0 Å². The summed E-state index contributed by atoms with van der Waals surface area (Å²) >= 11 is 6.77. The van der Waals surface area contributed by atoms with E-state index in [0.717, 1.165) is 11.3 Å². The second-order valence-corrected chi connectivity index (χ2v) is 8.46. The van der Waals surface area contributed by atoms with Crippen molar-refractivity contribution in [2.24, 2.45) is 0 Å². The van der Waals surface area contributed by atoms with Crippen molar-refractivity contribution in [2.75, 3.05) is 18.4 Å². The third kappa shape index (κ3) is 4.21. The van der Waals surface area contributed by atoms with Gasteiger partial charge in [-0.3, -0.25) is 14.9 Å². The van der Waals surface area contributed by atoms with E-state index in [-0.39, 0.29) is 38.6 Å². The lowest BCUT2D eigenvalue weighted by Gasteiger charge is -2.19. The van der Waals surface area contributed by atoms with Crippen LogP contribution in [0.3, 0.4) is 0 Å². The first-order chi connectivity index (χ1) is 12.2. The fourth-order valence-corrected chi connectivity index (χ4v) is 4.90. The summed E-state index contributed by atoms with van der Waals surface area (Å²) in [6.45, 7) is 3.99. The monoisotopic (exact) mass is 417 g/mol. The second-order valence-electron chi connectivity index (χ2n) is 5.08. The van der Waals surface area contributed by atoms with Crippen LogP contribution in [0.25, 0.3) is 0 Å². The fraction of sp³-hybridized carbons (Fsp3) is 0.267. The van der Waals surface area contributed by atoms with Crippen molar-refractivity contribution < 1.29 is 18.1 Å². The SMILES string of the molecule is CCN(CC)S(=O)(=O)c1cc(NC(=O)c2ccc([N+](=O)[O-])s2)ccc1Cl. The van der Waals surface area contributed by atoms with E-state index in [2.05, 4.69) is 5.32 Å². The molecule has 2 rings (SSSR count). The zero-order chi connectivity index (χ0) is 19.5. The third-order valence-corrected chi connectivity index (χ3v) is 7.07. The van der Waals surface area contributed by atoms with E-state index in [1.807, 2.05) is 0 Å².